The van der Waals surface area contributed by atoms with Crippen molar-refractivity contribution >= 4 is 33.6 Å². The highest BCUT2D eigenvalue weighted by molar-refractivity contribution is 6.15. The zero-order valence-corrected chi connectivity index (χ0v) is 15.3. The molecule has 2 aromatic heterocycles. The van der Waals surface area contributed by atoms with Crippen LogP contribution in [0.2, 0.25) is 0 Å². The third-order valence-corrected chi connectivity index (χ3v) is 6.15. The minimum absolute atomic E-state index is 0.109. The first kappa shape index (κ1) is 17.0. The van der Waals surface area contributed by atoms with E-state index in [1.54, 1.807) is 6.20 Å². The van der Waals surface area contributed by atoms with Crippen molar-refractivity contribution in [2.24, 2.45) is 11.1 Å². The number of hydrogen-bond donors (Lipinski definition) is 3. The number of aliphatic hydroxyl groups is 1. The molecular formula is C20H21N5O3. The van der Waals surface area contributed by atoms with E-state index in [2.05, 4.69) is 15.3 Å². The number of pyridine rings is 1. The Morgan fingerprint density at radius 1 is 1.29 bits per heavy atom. The van der Waals surface area contributed by atoms with Gasteiger partial charge in [-0.25, -0.2) is 0 Å². The first-order valence-electron chi connectivity index (χ1n) is 9.41. The van der Waals surface area contributed by atoms with Gasteiger partial charge in [-0.3, -0.25) is 19.2 Å². The molecule has 0 saturated carbocycles. The number of β-amino-alcohol motifs (C(OH)–C–C–N with tert-alkyl or cyclic N) is 1. The summed E-state index contributed by atoms with van der Waals surface area (Å²) in [5.74, 6) is -0.658. The average molecular weight is 379 g/mol. The number of para-hydroxylation sites is 1. The molecule has 2 amide bonds. The zero-order chi connectivity index (χ0) is 19.5. The summed E-state index contributed by atoms with van der Waals surface area (Å²) in [7, 11) is 0. The fourth-order valence-electron chi connectivity index (χ4n) is 4.76. The largest absolute Gasteiger partial charge is 0.390 e. The van der Waals surface area contributed by atoms with Crippen LogP contribution in [0.3, 0.4) is 0 Å². The van der Waals surface area contributed by atoms with Gasteiger partial charge in [0.15, 0.2) is 0 Å². The smallest absolute Gasteiger partial charge is 0.252 e. The Kier molecular flexibility index (Phi) is 3.60. The predicted octanol–water partition coefficient (Wildman–Crippen LogP) is 0.497. The number of piperidine rings is 1. The minimum atomic E-state index is -0.837. The molecule has 2 saturated heterocycles. The van der Waals surface area contributed by atoms with Gasteiger partial charge in [0.05, 0.1) is 34.7 Å². The lowest BCUT2D eigenvalue weighted by molar-refractivity contribution is -0.131. The van der Waals surface area contributed by atoms with Crippen molar-refractivity contribution in [3.63, 3.8) is 0 Å². The van der Waals surface area contributed by atoms with E-state index in [9.17, 15) is 14.7 Å². The van der Waals surface area contributed by atoms with Crippen LogP contribution in [0.4, 0.5) is 0 Å². The van der Waals surface area contributed by atoms with E-state index >= 15 is 0 Å². The Labute approximate surface area is 160 Å². The van der Waals surface area contributed by atoms with Gasteiger partial charge >= 0.3 is 0 Å². The van der Waals surface area contributed by atoms with Crippen molar-refractivity contribution in [2.45, 2.75) is 18.9 Å². The maximum Gasteiger partial charge on any atom is 0.252 e. The van der Waals surface area contributed by atoms with E-state index in [-0.39, 0.29) is 12.5 Å². The molecule has 1 aromatic carbocycles. The predicted molar refractivity (Wildman–Crippen MR) is 104 cm³/mol. The summed E-state index contributed by atoms with van der Waals surface area (Å²) in [6.45, 7) is 1.35. The maximum atomic E-state index is 12.6. The summed E-state index contributed by atoms with van der Waals surface area (Å²) in [4.78, 5) is 28.9. The Morgan fingerprint density at radius 2 is 2.11 bits per heavy atom. The molecule has 28 heavy (non-hydrogen) atoms. The van der Waals surface area contributed by atoms with Crippen molar-refractivity contribution in [2.75, 3.05) is 24.6 Å². The van der Waals surface area contributed by atoms with Crippen LogP contribution in [0.5, 0.6) is 0 Å². The molecule has 1 spiro atoms. The van der Waals surface area contributed by atoms with Gasteiger partial charge in [0.2, 0.25) is 5.91 Å². The average Bonchev–Trinajstić information content (AvgIpc) is 3.18. The monoisotopic (exact) mass is 379 g/mol. The Hall–Kier alpha value is -3.13. The van der Waals surface area contributed by atoms with E-state index in [4.69, 9.17) is 5.73 Å². The third kappa shape index (κ3) is 2.18. The van der Waals surface area contributed by atoms with Crippen LogP contribution < -0.4 is 16.1 Å². The van der Waals surface area contributed by atoms with Crippen molar-refractivity contribution in [3.8, 4) is 0 Å². The van der Waals surface area contributed by atoms with Crippen LogP contribution in [0, 0.1) is 5.41 Å². The molecule has 0 bridgehead atoms. The van der Waals surface area contributed by atoms with Crippen molar-refractivity contribution < 1.29 is 14.7 Å². The summed E-state index contributed by atoms with van der Waals surface area (Å²) in [6, 6.07) is 7.84. The number of nitrogens with two attached hydrogens (primary N) is 1. The lowest BCUT2D eigenvalue weighted by atomic mass is 9.77. The van der Waals surface area contributed by atoms with Crippen LogP contribution in [0.25, 0.3) is 21.8 Å². The van der Waals surface area contributed by atoms with Crippen LogP contribution in [-0.2, 0) is 4.79 Å². The fourth-order valence-corrected chi connectivity index (χ4v) is 4.76. The number of benzene rings is 1. The standard InChI is InChI=1S/C20H21N5O3/c21-18(27)14-9-22-8-13-12-4-1-2-5-15(12)25(17(13)14)24-7-3-6-20(11-24)16(26)10-23-19(20)28/h1-2,4-5,8-9,16,26H,3,6-7,10-11H2,(H2,21,27)(H,23,28)/t16-,20+/m0/s1. The Balaban J connectivity index is 1.76. The third-order valence-electron chi connectivity index (χ3n) is 6.15. The molecule has 3 aromatic rings. The molecule has 4 N–H and O–H groups in total. The zero-order valence-electron chi connectivity index (χ0n) is 15.3. The molecule has 2 aliphatic heterocycles. The van der Waals surface area contributed by atoms with Crippen LogP contribution in [0.15, 0.2) is 36.7 Å². The molecule has 8 nitrogen and oxygen atoms in total. The highest BCUT2D eigenvalue weighted by atomic mass is 16.3. The molecule has 0 unspecified atom stereocenters. The number of nitrogens with one attached hydrogen (secondary N) is 1. The second-order valence-electron chi connectivity index (χ2n) is 7.65. The van der Waals surface area contributed by atoms with E-state index in [0.717, 1.165) is 22.7 Å². The first-order valence-corrected chi connectivity index (χ1v) is 9.41. The van der Waals surface area contributed by atoms with Crippen LogP contribution in [0.1, 0.15) is 23.2 Å². The summed E-state index contributed by atoms with van der Waals surface area (Å²) in [5, 5.41) is 17.2. The molecule has 5 rings (SSSR count). The summed E-state index contributed by atoms with van der Waals surface area (Å²) >= 11 is 0. The summed E-state index contributed by atoms with van der Waals surface area (Å²) in [5.41, 5.74) is 6.75. The number of aromatic nitrogens is 2. The highest BCUT2D eigenvalue weighted by Crippen LogP contribution is 2.38. The highest BCUT2D eigenvalue weighted by Gasteiger charge is 2.52. The Bertz CT molecular complexity index is 1120. The van der Waals surface area contributed by atoms with E-state index in [0.29, 0.717) is 30.6 Å². The number of aliphatic hydroxyl groups excluding tert-OH is 1. The van der Waals surface area contributed by atoms with E-state index in [1.165, 1.54) is 6.20 Å². The van der Waals surface area contributed by atoms with Gasteiger partial charge in [0.1, 0.15) is 0 Å². The van der Waals surface area contributed by atoms with Crippen LogP contribution in [-0.4, -0.2) is 52.3 Å². The maximum absolute atomic E-state index is 12.6. The first-order chi connectivity index (χ1) is 13.5. The Morgan fingerprint density at radius 3 is 2.86 bits per heavy atom. The number of amides is 2. The van der Waals surface area contributed by atoms with Crippen LogP contribution >= 0.6 is 0 Å². The number of nitrogens with zero attached hydrogens (tertiary/aromatic N) is 3. The van der Waals surface area contributed by atoms with Gasteiger partial charge in [-0.1, -0.05) is 18.2 Å². The molecule has 2 fully saturated rings. The quantitative estimate of drug-likeness (QED) is 0.600. The molecule has 2 aliphatic rings. The van der Waals surface area contributed by atoms with Gasteiger partial charge < -0.3 is 21.2 Å². The van der Waals surface area contributed by atoms with Gasteiger partial charge in [0.25, 0.3) is 5.91 Å². The molecule has 0 aliphatic carbocycles. The van der Waals surface area contributed by atoms with Gasteiger partial charge in [0, 0.05) is 36.3 Å². The number of fused-ring (bicyclic) bond motifs is 3. The molecule has 0 radical (unpaired) electrons. The SMILES string of the molecule is NC(=O)c1cncc2c3ccccc3n(N3CCC[C@]4(C3)C(=O)NC[C@@H]4O)c12. The van der Waals surface area contributed by atoms with Crippen molar-refractivity contribution in [1.82, 2.24) is 15.0 Å². The molecular weight excluding hydrogens is 358 g/mol. The number of carbonyl (C=O) groups is 2. The number of carbonyl (C=O) groups excluding carboxylic acids is 2. The topological polar surface area (TPSA) is 113 Å². The van der Waals surface area contributed by atoms with Crippen molar-refractivity contribution in [3.05, 3.63) is 42.2 Å². The molecule has 2 atom stereocenters. The molecule has 8 heteroatoms. The minimum Gasteiger partial charge on any atom is -0.390 e. The number of primary amides is 1. The van der Waals surface area contributed by atoms with E-state index < -0.39 is 17.4 Å². The fraction of sp³-hybridized carbons (Fsp3) is 0.350. The van der Waals surface area contributed by atoms with Gasteiger partial charge in [-0.2, -0.15) is 0 Å². The van der Waals surface area contributed by atoms with Gasteiger partial charge in [-0.15, -0.1) is 0 Å². The molecule has 144 valence electrons. The molecule has 4 heterocycles. The van der Waals surface area contributed by atoms with E-state index in [1.807, 2.05) is 28.9 Å². The lowest BCUT2D eigenvalue weighted by Gasteiger charge is -2.42. The number of hydrogen-bond acceptors (Lipinski definition) is 5. The van der Waals surface area contributed by atoms with Gasteiger partial charge in [-0.05, 0) is 18.9 Å². The second-order valence-corrected chi connectivity index (χ2v) is 7.65. The normalized spacial score (nSPS) is 25.0. The second kappa shape index (κ2) is 5.93. The lowest BCUT2D eigenvalue weighted by Crippen LogP contribution is -2.55. The van der Waals surface area contributed by atoms with Crippen molar-refractivity contribution in [1.29, 1.82) is 0 Å². The number of rotatable bonds is 2. The summed E-state index contributed by atoms with van der Waals surface area (Å²) in [6.07, 6.45) is 3.88. The summed E-state index contributed by atoms with van der Waals surface area (Å²) < 4.78 is 1.98.